The van der Waals surface area contributed by atoms with Crippen LogP contribution >= 0.6 is 0 Å². The maximum Gasteiger partial charge on any atom is 0.119 e. The second kappa shape index (κ2) is 8.71. The zero-order valence-electron chi connectivity index (χ0n) is 14.7. The molecule has 0 saturated heterocycles. The highest BCUT2D eigenvalue weighted by molar-refractivity contribution is 5.31. The molecular formula is C20H27NO3. The Morgan fingerprint density at radius 3 is 2.29 bits per heavy atom. The van der Waals surface area contributed by atoms with Crippen LogP contribution < -0.4 is 14.8 Å². The molecule has 0 spiro atoms. The Kier molecular flexibility index (Phi) is 6.64. The van der Waals surface area contributed by atoms with Gasteiger partial charge in [-0.25, -0.2) is 0 Å². The molecule has 0 fully saturated rings. The van der Waals surface area contributed by atoms with E-state index in [0.717, 1.165) is 18.0 Å². The van der Waals surface area contributed by atoms with E-state index in [1.54, 1.807) is 7.11 Å². The van der Waals surface area contributed by atoms with Crippen LogP contribution in [0.4, 0.5) is 0 Å². The van der Waals surface area contributed by atoms with Gasteiger partial charge in [0, 0.05) is 18.5 Å². The number of aliphatic hydroxyl groups is 1. The number of benzene rings is 2. The van der Waals surface area contributed by atoms with Gasteiger partial charge in [-0.15, -0.1) is 0 Å². The molecule has 0 amide bonds. The standard InChI is InChI=1S/C20H27NO3/c1-20(2,16-9-11-18(23-3)12-10-16)15-21-13-17(22)14-24-19-7-5-4-6-8-19/h4-12,17,21-22H,13-15H2,1-3H3. The molecule has 2 N–H and O–H groups in total. The quantitative estimate of drug-likeness (QED) is 0.742. The highest BCUT2D eigenvalue weighted by Crippen LogP contribution is 2.24. The van der Waals surface area contributed by atoms with Crippen molar-refractivity contribution in [2.45, 2.75) is 25.4 Å². The van der Waals surface area contributed by atoms with Gasteiger partial charge in [-0.05, 0) is 29.8 Å². The summed E-state index contributed by atoms with van der Waals surface area (Å²) in [4.78, 5) is 0. The van der Waals surface area contributed by atoms with Gasteiger partial charge in [0.2, 0.25) is 0 Å². The molecule has 1 unspecified atom stereocenters. The maximum atomic E-state index is 10.0. The molecule has 0 aliphatic heterocycles. The molecule has 2 rings (SSSR count). The third-order valence-electron chi connectivity index (χ3n) is 4.00. The van der Waals surface area contributed by atoms with Crippen LogP contribution in [0.25, 0.3) is 0 Å². The topological polar surface area (TPSA) is 50.7 Å². The lowest BCUT2D eigenvalue weighted by Crippen LogP contribution is -2.38. The lowest BCUT2D eigenvalue weighted by molar-refractivity contribution is 0.105. The summed E-state index contributed by atoms with van der Waals surface area (Å²) < 4.78 is 10.8. The number of aliphatic hydroxyl groups excluding tert-OH is 1. The second-order valence-electron chi connectivity index (χ2n) is 6.52. The fourth-order valence-corrected chi connectivity index (χ4v) is 2.46. The van der Waals surface area contributed by atoms with Crippen molar-refractivity contribution in [1.29, 1.82) is 0 Å². The highest BCUT2D eigenvalue weighted by atomic mass is 16.5. The van der Waals surface area contributed by atoms with Crippen LogP contribution in [0.3, 0.4) is 0 Å². The van der Waals surface area contributed by atoms with E-state index in [0.29, 0.717) is 6.54 Å². The number of hydrogen-bond donors (Lipinski definition) is 2. The number of hydrogen-bond acceptors (Lipinski definition) is 4. The van der Waals surface area contributed by atoms with Crippen LogP contribution in [-0.4, -0.2) is 38.0 Å². The molecule has 2 aromatic rings. The molecule has 24 heavy (non-hydrogen) atoms. The number of nitrogens with one attached hydrogen (secondary N) is 1. The Bertz CT molecular complexity index is 596. The molecule has 0 aromatic heterocycles. The van der Waals surface area contributed by atoms with Crippen molar-refractivity contribution in [1.82, 2.24) is 5.32 Å². The molecule has 4 heteroatoms. The first kappa shape index (κ1) is 18.3. The van der Waals surface area contributed by atoms with Crippen molar-refractivity contribution in [3.05, 3.63) is 60.2 Å². The first-order valence-corrected chi connectivity index (χ1v) is 8.22. The van der Waals surface area contributed by atoms with Crippen molar-refractivity contribution < 1.29 is 14.6 Å². The summed E-state index contributed by atoms with van der Waals surface area (Å²) in [6, 6.07) is 17.6. The van der Waals surface area contributed by atoms with E-state index < -0.39 is 6.10 Å². The summed E-state index contributed by atoms with van der Waals surface area (Å²) in [6.45, 7) is 5.89. The second-order valence-corrected chi connectivity index (χ2v) is 6.52. The third-order valence-corrected chi connectivity index (χ3v) is 4.00. The van der Waals surface area contributed by atoms with E-state index in [1.165, 1.54) is 5.56 Å². The summed E-state index contributed by atoms with van der Waals surface area (Å²) in [6.07, 6.45) is -0.545. The molecule has 0 aliphatic carbocycles. The zero-order valence-corrected chi connectivity index (χ0v) is 14.7. The minimum Gasteiger partial charge on any atom is -0.497 e. The van der Waals surface area contributed by atoms with Crippen LogP contribution in [0, 0.1) is 0 Å². The van der Waals surface area contributed by atoms with Gasteiger partial charge in [0.15, 0.2) is 0 Å². The lowest BCUT2D eigenvalue weighted by Gasteiger charge is -2.26. The number of ether oxygens (including phenoxy) is 2. The normalized spacial score (nSPS) is 12.7. The summed E-state index contributed by atoms with van der Waals surface area (Å²) in [5, 5.41) is 13.4. The Balaban J connectivity index is 1.75. The third kappa shape index (κ3) is 5.55. The van der Waals surface area contributed by atoms with Gasteiger partial charge in [0.1, 0.15) is 24.2 Å². The van der Waals surface area contributed by atoms with Crippen molar-refractivity contribution in [3.8, 4) is 11.5 Å². The van der Waals surface area contributed by atoms with E-state index in [-0.39, 0.29) is 12.0 Å². The number of methoxy groups -OCH3 is 1. The summed E-state index contributed by atoms with van der Waals surface area (Å²) >= 11 is 0. The average molecular weight is 329 g/mol. The largest absolute Gasteiger partial charge is 0.497 e. The smallest absolute Gasteiger partial charge is 0.119 e. The Hall–Kier alpha value is -2.04. The SMILES string of the molecule is COc1ccc(C(C)(C)CNCC(O)COc2ccccc2)cc1. The first-order valence-electron chi connectivity index (χ1n) is 8.22. The Morgan fingerprint density at radius 2 is 1.67 bits per heavy atom. The maximum absolute atomic E-state index is 10.0. The number of rotatable bonds is 9. The van der Waals surface area contributed by atoms with Crippen LogP contribution in [0.2, 0.25) is 0 Å². The molecule has 4 nitrogen and oxygen atoms in total. The van der Waals surface area contributed by atoms with Crippen LogP contribution in [0.5, 0.6) is 11.5 Å². The van der Waals surface area contributed by atoms with Gasteiger partial charge in [-0.3, -0.25) is 0 Å². The summed E-state index contributed by atoms with van der Waals surface area (Å²) in [5.74, 6) is 1.63. The van der Waals surface area contributed by atoms with Crippen LogP contribution in [-0.2, 0) is 5.41 Å². The molecule has 0 heterocycles. The number of para-hydroxylation sites is 1. The fraction of sp³-hybridized carbons (Fsp3) is 0.400. The van der Waals surface area contributed by atoms with Gasteiger partial charge in [-0.1, -0.05) is 44.2 Å². The monoisotopic (exact) mass is 329 g/mol. The van der Waals surface area contributed by atoms with E-state index in [9.17, 15) is 5.11 Å². The lowest BCUT2D eigenvalue weighted by atomic mass is 9.84. The molecule has 1 atom stereocenters. The fourth-order valence-electron chi connectivity index (χ4n) is 2.46. The molecule has 0 radical (unpaired) electrons. The summed E-state index contributed by atoms with van der Waals surface area (Å²) in [7, 11) is 1.67. The molecule has 0 aliphatic rings. The molecule has 0 saturated carbocycles. The molecular weight excluding hydrogens is 302 g/mol. The Labute approximate surface area is 144 Å². The van der Waals surface area contributed by atoms with Crippen LogP contribution in [0.1, 0.15) is 19.4 Å². The van der Waals surface area contributed by atoms with E-state index >= 15 is 0 Å². The van der Waals surface area contributed by atoms with Gasteiger partial charge in [0.25, 0.3) is 0 Å². The highest BCUT2D eigenvalue weighted by Gasteiger charge is 2.20. The summed E-state index contributed by atoms with van der Waals surface area (Å²) in [5.41, 5.74) is 1.19. The van der Waals surface area contributed by atoms with E-state index in [1.807, 2.05) is 42.5 Å². The predicted molar refractivity (Wildman–Crippen MR) is 96.8 cm³/mol. The molecule has 130 valence electrons. The van der Waals surface area contributed by atoms with Crippen LogP contribution in [0.15, 0.2) is 54.6 Å². The van der Waals surface area contributed by atoms with E-state index in [4.69, 9.17) is 9.47 Å². The zero-order chi connectivity index (χ0) is 17.4. The first-order chi connectivity index (χ1) is 11.5. The minimum absolute atomic E-state index is 0.0354. The Morgan fingerprint density at radius 1 is 1.00 bits per heavy atom. The van der Waals surface area contributed by atoms with Crippen molar-refractivity contribution in [2.24, 2.45) is 0 Å². The van der Waals surface area contributed by atoms with E-state index in [2.05, 4.69) is 31.3 Å². The predicted octanol–water partition coefficient (Wildman–Crippen LogP) is 3.00. The molecule has 0 bridgehead atoms. The minimum atomic E-state index is -0.545. The van der Waals surface area contributed by atoms with Gasteiger partial charge in [-0.2, -0.15) is 0 Å². The van der Waals surface area contributed by atoms with Crippen molar-refractivity contribution in [3.63, 3.8) is 0 Å². The van der Waals surface area contributed by atoms with Gasteiger partial charge in [0.05, 0.1) is 7.11 Å². The molecule has 2 aromatic carbocycles. The average Bonchev–Trinajstić information content (AvgIpc) is 2.61. The van der Waals surface area contributed by atoms with Crippen molar-refractivity contribution >= 4 is 0 Å². The van der Waals surface area contributed by atoms with Gasteiger partial charge >= 0.3 is 0 Å². The van der Waals surface area contributed by atoms with Crippen molar-refractivity contribution in [2.75, 3.05) is 26.8 Å². The van der Waals surface area contributed by atoms with Gasteiger partial charge < -0.3 is 19.9 Å².